The Bertz CT molecular complexity index is 753. The van der Waals surface area contributed by atoms with E-state index in [4.69, 9.17) is 40.2 Å². The van der Waals surface area contributed by atoms with Crippen LogP contribution in [0.4, 0.5) is 5.69 Å². The number of aromatic hydroxyl groups is 1. The highest BCUT2D eigenvalue weighted by atomic mass is 35.5. The van der Waals surface area contributed by atoms with Crippen LogP contribution >= 0.6 is 35.4 Å². The summed E-state index contributed by atoms with van der Waals surface area (Å²) in [5.41, 5.74) is 3.73. The molecule has 0 aromatic heterocycles. The molecule has 0 aliphatic carbocycles. The van der Waals surface area contributed by atoms with Gasteiger partial charge in [0, 0.05) is 10.6 Å². The maximum absolute atomic E-state index is 9.93. The number of benzene rings is 2. The van der Waals surface area contributed by atoms with Gasteiger partial charge in [-0.3, -0.25) is 5.43 Å². The molecule has 0 bridgehead atoms. The molecule has 23 heavy (non-hydrogen) atoms. The fourth-order valence-electron chi connectivity index (χ4n) is 1.71. The molecule has 0 spiro atoms. The van der Waals surface area contributed by atoms with Gasteiger partial charge in [-0.15, -0.1) is 0 Å². The second kappa shape index (κ2) is 8.01. The predicted molar refractivity (Wildman–Crippen MR) is 98.1 cm³/mol. The number of hydrazone groups is 1. The van der Waals surface area contributed by atoms with E-state index in [1.54, 1.807) is 36.4 Å². The van der Waals surface area contributed by atoms with Crippen molar-refractivity contribution in [2.24, 2.45) is 5.10 Å². The van der Waals surface area contributed by atoms with Crippen molar-refractivity contribution >= 4 is 52.4 Å². The van der Waals surface area contributed by atoms with Crippen LogP contribution < -0.4 is 15.5 Å². The van der Waals surface area contributed by atoms with E-state index < -0.39 is 0 Å². The summed E-state index contributed by atoms with van der Waals surface area (Å²) in [6, 6.07) is 10.1. The second-order valence-corrected chi connectivity index (χ2v) is 5.60. The third-order valence-electron chi connectivity index (χ3n) is 2.80. The summed E-state index contributed by atoms with van der Waals surface area (Å²) in [4.78, 5) is 0. The van der Waals surface area contributed by atoms with Crippen LogP contribution in [-0.2, 0) is 0 Å². The van der Waals surface area contributed by atoms with Crippen LogP contribution in [0.25, 0.3) is 0 Å². The summed E-state index contributed by atoms with van der Waals surface area (Å²) in [5, 5.41) is 18.0. The Hall–Kier alpha value is -2.02. The lowest BCUT2D eigenvalue weighted by atomic mass is 10.2. The number of methoxy groups -OCH3 is 1. The number of anilines is 1. The van der Waals surface area contributed by atoms with Gasteiger partial charge in [-0.05, 0) is 42.5 Å². The molecule has 8 heteroatoms. The lowest BCUT2D eigenvalue weighted by Crippen LogP contribution is -2.24. The number of ether oxygens (including phenoxy) is 1. The normalized spacial score (nSPS) is 10.6. The van der Waals surface area contributed by atoms with E-state index in [1.807, 2.05) is 0 Å². The fraction of sp³-hybridized carbons (Fsp3) is 0.0667. The Labute approximate surface area is 148 Å². The highest BCUT2D eigenvalue weighted by molar-refractivity contribution is 7.80. The van der Waals surface area contributed by atoms with Gasteiger partial charge in [0.15, 0.2) is 16.6 Å². The largest absolute Gasteiger partial charge is 0.504 e. The molecule has 0 saturated carbocycles. The Kier molecular flexibility index (Phi) is 6.04. The molecule has 0 heterocycles. The first-order valence-corrected chi connectivity index (χ1v) is 7.58. The second-order valence-electron chi connectivity index (χ2n) is 4.35. The Morgan fingerprint density at radius 1 is 1.30 bits per heavy atom. The first-order chi connectivity index (χ1) is 11.0. The molecule has 0 unspecified atom stereocenters. The zero-order valence-electron chi connectivity index (χ0n) is 12.0. The van der Waals surface area contributed by atoms with Crippen molar-refractivity contribution in [1.82, 2.24) is 5.43 Å². The van der Waals surface area contributed by atoms with Crippen molar-refractivity contribution in [2.75, 3.05) is 12.4 Å². The monoisotopic (exact) mass is 369 g/mol. The van der Waals surface area contributed by atoms with Crippen LogP contribution in [0.1, 0.15) is 5.56 Å². The molecule has 2 rings (SSSR count). The average molecular weight is 370 g/mol. The highest BCUT2D eigenvalue weighted by Crippen LogP contribution is 2.28. The zero-order chi connectivity index (χ0) is 16.8. The summed E-state index contributed by atoms with van der Waals surface area (Å²) in [6.45, 7) is 0. The summed E-state index contributed by atoms with van der Waals surface area (Å²) >= 11 is 17.0. The number of hydrogen-bond donors (Lipinski definition) is 3. The number of nitrogens with zero attached hydrogens (tertiary/aromatic N) is 1. The molecule has 0 atom stereocenters. The SMILES string of the molecule is COc1cccc(/C=N\NC(=S)Nc2ccc(Cl)cc2Cl)c1O. The van der Waals surface area contributed by atoms with E-state index in [2.05, 4.69) is 15.8 Å². The minimum atomic E-state index is 0.000160. The van der Waals surface area contributed by atoms with Gasteiger partial charge in [-0.25, -0.2) is 0 Å². The number of hydrogen-bond acceptors (Lipinski definition) is 4. The van der Waals surface area contributed by atoms with Crippen LogP contribution in [0.3, 0.4) is 0 Å². The zero-order valence-corrected chi connectivity index (χ0v) is 14.3. The van der Waals surface area contributed by atoms with Crippen molar-refractivity contribution in [3.63, 3.8) is 0 Å². The van der Waals surface area contributed by atoms with E-state index in [1.165, 1.54) is 13.3 Å². The third-order valence-corrected chi connectivity index (χ3v) is 3.54. The third kappa shape index (κ3) is 4.72. The number of phenolic OH excluding ortho intramolecular Hbond substituents is 1. The van der Waals surface area contributed by atoms with Crippen molar-refractivity contribution in [3.8, 4) is 11.5 Å². The molecular weight excluding hydrogens is 357 g/mol. The van der Waals surface area contributed by atoms with Gasteiger partial charge >= 0.3 is 0 Å². The summed E-state index contributed by atoms with van der Waals surface area (Å²) < 4.78 is 5.02. The Balaban J connectivity index is 1.99. The maximum atomic E-state index is 9.93. The number of rotatable bonds is 4. The standard InChI is InChI=1S/C15H13Cl2N3O2S/c1-22-13-4-2-3-9(14(13)21)8-18-20-15(23)19-12-6-5-10(16)7-11(12)17/h2-8,21H,1H3,(H2,19,20,23)/b18-8-. The molecule has 0 fully saturated rings. The molecule has 0 radical (unpaired) electrons. The van der Waals surface area contributed by atoms with Crippen molar-refractivity contribution in [3.05, 3.63) is 52.0 Å². The van der Waals surface area contributed by atoms with Gasteiger partial charge in [0.2, 0.25) is 0 Å². The molecule has 5 nitrogen and oxygen atoms in total. The molecule has 3 N–H and O–H groups in total. The lowest BCUT2D eigenvalue weighted by Gasteiger charge is -2.09. The van der Waals surface area contributed by atoms with E-state index in [0.717, 1.165) is 0 Å². The maximum Gasteiger partial charge on any atom is 0.191 e. The fourth-order valence-corrected chi connectivity index (χ4v) is 2.33. The Morgan fingerprint density at radius 3 is 2.78 bits per heavy atom. The number of thiocarbonyl (C=S) groups is 1. The van der Waals surface area contributed by atoms with Gasteiger partial charge in [0.1, 0.15) is 0 Å². The first-order valence-electron chi connectivity index (χ1n) is 6.42. The van der Waals surface area contributed by atoms with Gasteiger partial charge < -0.3 is 15.2 Å². The van der Waals surface area contributed by atoms with E-state index >= 15 is 0 Å². The van der Waals surface area contributed by atoms with Gasteiger partial charge in [0.25, 0.3) is 0 Å². The Morgan fingerprint density at radius 2 is 2.09 bits per heavy atom. The van der Waals surface area contributed by atoms with Crippen molar-refractivity contribution in [2.45, 2.75) is 0 Å². The van der Waals surface area contributed by atoms with Gasteiger partial charge in [-0.1, -0.05) is 29.3 Å². The van der Waals surface area contributed by atoms with Crippen molar-refractivity contribution < 1.29 is 9.84 Å². The minimum Gasteiger partial charge on any atom is -0.504 e. The first kappa shape index (κ1) is 17.3. The number of halogens is 2. The predicted octanol–water partition coefficient (Wildman–Crippen LogP) is 4.03. The van der Waals surface area contributed by atoms with E-state index in [-0.39, 0.29) is 10.9 Å². The van der Waals surface area contributed by atoms with Crippen LogP contribution in [0.15, 0.2) is 41.5 Å². The minimum absolute atomic E-state index is 0.000160. The van der Waals surface area contributed by atoms with Crippen molar-refractivity contribution in [1.29, 1.82) is 0 Å². The molecule has 120 valence electrons. The van der Waals surface area contributed by atoms with Gasteiger partial charge in [-0.2, -0.15) is 5.10 Å². The molecule has 0 aliphatic rings. The summed E-state index contributed by atoms with van der Waals surface area (Å²) in [5.74, 6) is 0.364. The van der Waals surface area contributed by atoms with Crippen LogP contribution in [0.5, 0.6) is 11.5 Å². The number of phenols is 1. The smallest absolute Gasteiger partial charge is 0.191 e. The highest BCUT2D eigenvalue weighted by Gasteiger charge is 2.05. The lowest BCUT2D eigenvalue weighted by molar-refractivity contribution is 0.373. The average Bonchev–Trinajstić information content (AvgIpc) is 2.52. The van der Waals surface area contributed by atoms with Gasteiger partial charge in [0.05, 0.1) is 24.0 Å². The quantitative estimate of drug-likeness (QED) is 0.431. The summed E-state index contributed by atoms with van der Waals surface area (Å²) in [6.07, 6.45) is 1.43. The molecule has 2 aromatic carbocycles. The van der Waals surface area contributed by atoms with Crippen LogP contribution in [0.2, 0.25) is 10.0 Å². The molecule has 0 aliphatic heterocycles. The molecule has 2 aromatic rings. The molecule has 0 amide bonds. The van der Waals surface area contributed by atoms with Crippen LogP contribution in [-0.4, -0.2) is 23.5 Å². The molecular formula is C15H13Cl2N3O2S. The summed E-state index contributed by atoms with van der Waals surface area (Å²) in [7, 11) is 1.48. The van der Waals surface area contributed by atoms with E-state index in [0.29, 0.717) is 27.0 Å². The topological polar surface area (TPSA) is 65.9 Å². The van der Waals surface area contributed by atoms with Crippen LogP contribution in [0, 0.1) is 0 Å². The van der Waals surface area contributed by atoms with E-state index in [9.17, 15) is 5.11 Å². The molecule has 0 saturated heterocycles. The number of nitrogens with one attached hydrogen (secondary N) is 2. The number of para-hydroxylation sites is 1.